The molecule has 0 unspecified atom stereocenters. The molecule has 88 valence electrons. The summed E-state index contributed by atoms with van der Waals surface area (Å²) in [7, 11) is 1.52. The summed E-state index contributed by atoms with van der Waals surface area (Å²) < 4.78 is 5.05. The molecule has 0 atom stereocenters. The second-order valence-electron chi connectivity index (χ2n) is 4.53. The molecular formula is C12H16ClNO2. The lowest BCUT2D eigenvalue weighted by Gasteiger charge is -2.14. The maximum Gasteiger partial charge on any atom is 0.162 e. The highest BCUT2D eigenvalue weighted by Crippen LogP contribution is 2.37. The van der Waals surface area contributed by atoms with Crippen LogP contribution >= 0.6 is 11.6 Å². The molecule has 0 bridgehead atoms. The van der Waals surface area contributed by atoms with Crippen LogP contribution in [0, 0.1) is 0 Å². The van der Waals surface area contributed by atoms with E-state index in [1.165, 1.54) is 20.0 Å². The van der Waals surface area contributed by atoms with Crippen LogP contribution in [0.15, 0.2) is 12.1 Å². The van der Waals surface area contributed by atoms with Gasteiger partial charge in [0, 0.05) is 28.7 Å². The van der Waals surface area contributed by atoms with Crippen LogP contribution in [-0.4, -0.2) is 17.8 Å². The van der Waals surface area contributed by atoms with Crippen LogP contribution in [0.3, 0.4) is 0 Å². The molecule has 0 heterocycles. The highest BCUT2D eigenvalue weighted by Gasteiger charge is 2.36. The minimum atomic E-state index is 0.170. The normalized spacial score (nSPS) is 17.2. The first-order chi connectivity index (χ1) is 7.54. The van der Waals surface area contributed by atoms with Crippen LogP contribution in [0.5, 0.6) is 11.5 Å². The van der Waals surface area contributed by atoms with Gasteiger partial charge in [-0.05, 0) is 25.8 Å². The summed E-state index contributed by atoms with van der Waals surface area (Å²) in [6.45, 7) is 2.78. The molecule has 0 spiro atoms. The molecule has 16 heavy (non-hydrogen) atoms. The van der Waals surface area contributed by atoms with Crippen molar-refractivity contribution in [2.45, 2.75) is 31.8 Å². The standard InChI is InChI=1S/C12H16ClNO2/c1-12(3-4-12)14-7-8-5-9(13)6-10(16-2)11(8)15/h5-6,14-15H,3-4,7H2,1-2H3. The van der Waals surface area contributed by atoms with Crippen LogP contribution in [0.4, 0.5) is 0 Å². The van der Waals surface area contributed by atoms with Gasteiger partial charge >= 0.3 is 0 Å². The van der Waals surface area contributed by atoms with Gasteiger partial charge in [-0.25, -0.2) is 0 Å². The van der Waals surface area contributed by atoms with Gasteiger partial charge in [-0.15, -0.1) is 0 Å². The lowest BCUT2D eigenvalue weighted by atomic mass is 10.1. The van der Waals surface area contributed by atoms with Gasteiger partial charge in [0.2, 0.25) is 0 Å². The van der Waals surface area contributed by atoms with Gasteiger partial charge in [0.1, 0.15) is 0 Å². The number of benzene rings is 1. The predicted octanol–water partition coefficient (Wildman–Crippen LogP) is 2.70. The quantitative estimate of drug-likeness (QED) is 0.852. The summed E-state index contributed by atoms with van der Waals surface area (Å²) in [6.07, 6.45) is 2.37. The fourth-order valence-electron chi connectivity index (χ4n) is 1.59. The van der Waals surface area contributed by atoms with Crippen molar-refractivity contribution >= 4 is 11.6 Å². The summed E-state index contributed by atoms with van der Waals surface area (Å²) >= 11 is 5.95. The molecule has 1 aliphatic rings. The zero-order chi connectivity index (χ0) is 11.8. The fraction of sp³-hybridized carbons (Fsp3) is 0.500. The Balaban J connectivity index is 2.15. The number of ether oxygens (including phenoxy) is 1. The van der Waals surface area contributed by atoms with Gasteiger partial charge in [-0.3, -0.25) is 0 Å². The van der Waals surface area contributed by atoms with E-state index in [2.05, 4.69) is 12.2 Å². The monoisotopic (exact) mass is 241 g/mol. The molecule has 0 aromatic heterocycles. The minimum Gasteiger partial charge on any atom is -0.504 e. The Labute approximate surface area is 100 Å². The first kappa shape index (κ1) is 11.6. The third kappa shape index (κ3) is 2.42. The lowest BCUT2D eigenvalue weighted by Crippen LogP contribution is -2.27. The Morgan fingerprint density at radius 1 is 1.50 bits per heavy atom. The zero-order valence-electron chi connectivity index (χ0n) is 9.51. The van der Waals surface area contributed by atoms with Crippen LogP contribution in [0.2, 0.25) is 5.02 Å². The van der Waals surface area contributed by atoms with Crippen molar-refractivity contribution in [1.29, 1.82) is 0 Å². The second kappa shape index (κ2) is 4.15. The first-order valence-electron chi connectivity index (χ1n) is 5.34. The largest absolute Gasteiger partial charge is 0.504 e. The van der Waals surface area contributed by atoms with E-state index >= 15 is 0 Å². The predicted molar refractivity (Wildman–Crippen MR) is 64.1 cm³/mol. The van der Waals surface area contributed by atoms with Crippen molar-refractivity contribution in [1.82, 2.24) is 5.32 Å². The molecule has 3 nitrogen and oxygen atoms in total. The number of hydrogen-bond donors (Lipinski definition) is 2. The number of rotatable bonds is 4. The fourth-order valence-corrected chi connectivity index (χ4v) is 1.82. The molecule has 0 saturated heterocycles. The number of aromatic hydroxyl groups is 1. The Kier molecular flexibility index (Phi) is 3.00. The molecule has 0 radical (unpaired) electrons. The molecule has 0 aliphatic heterocycles. The summed E-state index contributed by atoms with van der Waals surface area (Å²) in [6, 6.07) is 3.37. The van der Waals surface area contributed by atoms with Crippen molar-refractivity contribution in [2.24, 2.45) is 0 Å². The van der Waals surface area contributed by atoms with Crippen molar-refractivity contribution in [2.75, 3.05) is 7.11 Å². The molecule has 2 N–H and O–H groups in total. The lowest BCUT2D eigenvalue weighted by molar-refractivity contribution is 0.368. The number of halogens is 1. The van der Waals surface area contributed by atoms with Crippen molar-refractivity contribution in [3.63, 3.8) is 0 Å². The topological polar surface area (TPSA) is 41.5 Å². The highest BCUT2D eigenvalue weighted by molar-refractivity contribution is 6.30. The van der Waals surface area contributed by atoms with Crippen molar-refractivity contribution in [3.8, 4) is 11.5 Å². The summed E-state index contributed by atoms with van der Waals surface area (Å²) in [4.78, 5) is 0. The second-order valence-corrected chi connectivity index (χ2v) is 4.97. The number of phenolic OH excluding ortho intramolecular Hbond substituents is 1. The Bertz CT molecular complexity index is 402. The van der Waals surface area contributed by atoms with E-state index in [9.17, 15) is 5.11 Å². The number of nitrogens with one attached hydrogen (secondary N) is 1. The Morgan fingerprint density at radius 3 is 2.75 bits per heavy atom. The van der Waals surface area contributed by atoms with Gasteiger partial charge < -0.3 is 15.2 Å². The van der Waals surface area contributed by atoms with E-state index in [1.807, 2.05) is 0 Å². The van der Waals surface area contributed by atoms with Crippen LogP contribution in [0.25, 0.3) is 0 Å². The summed E-state index contributed by atoms with van der Waals surface area (Å²) in [5, 5.41) is 13.9. The Morgan fingerprint density at radius 2 is 2.19 bits per heavy atom. The van der Waals surface area contributed by atoms with Gasteiger partial charge in [-0.2, -0.15) is 0 Å². The van der Waals surface area contributed by atoms with Crippen LogP contribution in [0.1, 0.15) is 25.3 Å². The molecule has 1 saturated carbocycles. The maximum absolute atomic E-state index is 9.91. The summed E-state index contributed by atoms with van der Waals surface area (Å²) in [5.74, 6) is 0.592. The van der Waals surface area contributed by atoms with E-state index < -0.39 is 0 Å². The average molecular weight is 242 g/mol. The minimum absolute atomic E-state index is 0.170. The summed E-state index contributed by atoms with van der Waals surface area (Å²) in [5.41, 5.74) is 1.01. The molecule has 4 heteroatoms. The first-order valence-corrected chi connectivity index (χ1v) is 5.72. The van der Waals surface area contributed by atoms with E-state index in [0.717, 1.165) is 5.56 Å². The van der Waals surface area contributed by atoms with Gasteiger partial charge in [0.25, 0.3) is 0 Å². The highest BCUT2D eigenvalue weighted by atomic mass is 35.5. The molecule has 1 aromatic rings. The number of methoxy groups -OCH3 is 1. The average Bonchev–Trinajstić information content (AvgIpc) is 2.98. The van der Waals surface area contributed by atoms with Crippen LogP contribution < -0.4 is 10.1 Å². The molecule has 0 amide bonds. The molecular weight excluding hydrogens is 226 g/mol. The third-order valence-electron chi connectivity index (χ3n) is 3.04. The molecule has 1 fully saturated rings. The smallest absolute Gasteiger partial charge is 0.162 e. The number of phenols is 1. The van der Waals surface area contributed by atoms with E-state index in [-0.39, 0.29) is 11.3 Å². The van der Waals surface area contributed by atoms with E-state index in [1.54, 1.807) is 12.1 Å². The van der Waals surface area contributed by atoms with Gasteiger partial charge in [-0.1, -0.05) is 11.6 Å². The zero-order valence-corrected chi connectivity index (χ0v) is 10.3. The van der Waals surface area contributed by atoms with Crippen LogP contribution in [-0.2, 0) is 6.54 Å². The number of hydrogen-bond acceptors (Lipinski definition) is 3. The van der Waals surface area contributed by atoms with Crippen molar-refractivity contribution < 1.29 is 9.84 Å². The SMILES string of the molecule is COc1cc(Cl)cc(CNC2(C)CC2)c1O. The van der Waals surface area contributed by atoms with Crippen molar-refractivity contribution in [3.05, 3.63) is 22.7 Å². The molecule has 1 aliphatic carbocycles. The molecule has 2 rings (SSSR count). The maximum atomic E-state index is 9.91. The molecule has 1 aromatic carbocycles. The third-order valence-corrected chi connectivity index (χ3v) is 3.26. The van der Waals surface area contributed by atoms with E-state index in [4.69, 9.17) is 16.3 Å². The van der Waals surface area contributed by atoms with Gasteiger partial charge in [0.05, 0.1) is 7.11 Å². The van der Waals surface area contributed by atoms with Gasteiger partial charge in [0.15, 0.2) is 11.5 Å². The Hall–Kier alpha value is -0.930. The van der Waals surface area contributed by atoms with E-state index in [0.29, 0.717) is 17.3 Å².